The monoisotopic (exact) mass is 359 g/mol. The molecule has 2 aromatic rings. The molecule has 0 radical (unpaired) electrons. The van der Waals surface area contributed by atoms with Gasteiger partial charge in [-0.3, -0.25) is 4.79 Å². The van der Waals surface area contributed by atoms with E-state index >= 15 is 0 Å². The van der Waals surface area contributed by atoms with Gasteiger partial charge in [-0.05, 0) is 43.7 Å². The van der Waals surface area contributed by atoms with Gasteiger partial charge in [0, 0.05) is 26.2 Å². The van der Waals surface area contributed by atoms with E-state index in [2.05, 4.69) is 4.99 Å². The molecule has 2 aromatic carbocycles. The van der Waals surface area contributed by atoms with Crippen molar-refractivity contribution in [3.63, 3.8) is 0 Å². The third kappa shape index (κ3) is 4.65. The Hall–Kier alpha value is -2.76. The van der Waals surface area contributed by atoms with E-state index in [-0.39, 0.29) is 23.6 Å². The maximum absolute atomic E-state index is 14.3. The van der Waals surface area contributed by atoms with Crippen LogP contribution in [0.15, 0.2) is 41.4 Å². The number of aliphatic imine (C=N–C) groups is 1. The number of carbonyl (C=O) groups is 1. The number of carbonyl (C=O) groups excluding carboxylic acids is 1. The molecule has 2 rings (SSSR count). The highest BCUT2D eigenvalue weighted by Gasteiger charge is 2.17. The average molecular weight is 359 g/mol. The summed E-state index contributed by atoms with van der Waals surface area (Å²) in [6.45, 7) is 4.39. The molecular formula is C20H23F2N3O. The molecule has 0 aromatic heterocycles. The number of ketones is 1. The number of benzene rings is 2. The molecule has 0 aliphatic heterocycles. The average Bonchev–Trinajstić information content (AvgIpc) is 2.61. The Morgan fingerprint density at radius 2 is 1.85 bits per heavy atom. The number of rotatable bonds is 7. The van der Waals surface area contributed by atoms with Crippen LogP contribution in [0.2, 0.25) is 0 Å². The second-order valence-corrected chi connectivity index (χ2v) is 6.17. The van der Waals surface area contributed by atoms with Crippen molar-refractivity contribution in [3.05, 3.63) is 59.2 Å². The van der Waals surface area contributed by atoms with Gasteiger partial charge in [0.25, 0.3) is 0 Å². The lowest BCUT2D eigenvalue weighted by Gasteiger charge is -2.19. The van der Waals surface area contributed by atoms with Crippen LogP contribution in [0.4, 0.5) is 20.2 Å². The summed E-state index contributed by atoms with van der Waals surface area (Å²) in [7, 11) is 3.46. The number of hydrogen-bond donors (Lipinski definition) is 0. The first kappa shape index (κ1) is 19.6. The van der Waals surface area contributed by atoms with Crippen LogP contribution in [0.5, 0.6) is 0 Å². The molecule has 138 valence electrons. The molecule has 0 N–H and O–H groups in total. The zero-order valence-electron chi connectivity index (χ0n) is 15.5. The van der Waals surface area contributed by atoms with Gasteiger partial charge in [-0.1, -0.05) is 12.1 Å². The van der Waals surface area contributed by atoms with Gasteiger partial charge in [0.1, 0.15) is 17.3 Å². The highest BCUT2D eigenvalue weighted by Crippen LogP contribution is 2.24. The van der Waals surface area contributed by atoms with Crippen molar-refractivity contribution in [2.24, 2.45) is 4.99 Å². The first-order chi connectivity index (χ1) is 12.3. The van der Waals surface area contributed by atoms with Gasteiger partial charge in [0.05, 0.1) is 18.6 Å². The fourth-order valence-corrected chi connectivity index (χ4v) is 2.46. The van der Waals surface area contributed by atoms with Gasteiger partial charge in [-0.15, -0.1) is 0 Å². The molecule has 6 heteroatoms. The number of nitrogens with zero attached hydrogens (tertiary/aromatic N) is 3. The fourth-order valence-electron chi connectivity index (χ4n) is 2.46. The Morgan fingerprint density at radius 1 is 1.15 bits per heavy atom. The standard InChI is InChI=1S/C20H23F2N3O/c1-5-24(3)13-23-18-10-14(2)15(11-17(18)22)20(26)12-25(4)19-9-7-6-8-16(19)21/h6-11,13H,5,12H2,1-4H3. The van der Waals surface area contributed by atoms with Gasteiger partial charge in [0.2, 0.25) is 0 Å². The molecule has 4 nitrogen and oxygen atoms in total. The zero-order valence-corrected chi connectivity index (χ0v) is 15.5. The number of hydrogen-bond acceptors (Lipinski definition) is 3. The first-order valence-electron chi connectivity index (χ1n) is 8.37. The SMILES string of the molecule is CCN(C)C=Nc1cc(C)c(C(=O)CN(C)c2ccccc2F)cc1F. The van der Waals surface area contributed by atoms with E-state index in [0.717, 1.165) is 6.54 Å². The Morgan fingerprint density at radius 3 is 2.50 bits per heavy atom. The molecule has 26 heavy (non-hydrogen) atoms. The number of likely N-dealkylation sites (N-methyl/N-ethyl adjacent to an activating group) is 1. The molecule has 0 heterocycles. The largest absolute Gasteiger partial charge is 0.366 e. The molecule has 0 aliphatic carbocycles. The van der Waals surface area contributed by atoms with E-state index in [4.69, 9.17) is 0 Å². The van der Waals surface area contributed by atoms with Crippen molar-refractivity contribution in [2.75, 3.05) is 32.1 Å². The lowest BCUT2D eigenvalue weighted by atomic mass is 10.0. The highest BCUT2D eigenvalue weighted by molar-refractivity contribution is 6.00. The van der Waals surface area contributed by atoms with E-state index in [1.54, 1.807) is 44.6 Å². The van der Waals surface area contributed by atoms with Gasteiger partial charge in [-0.2, -0.15) is 0 Å². The lowest BCUT2D eigenvalue weighted by molar-refractivity contribution is 0.0999. The van der Waals surface area contributed by atoms with Crippen molar-refractivity contribution in [2.45, 2.75) is 13.8 Å². The third-order valence-electron chi connectivity index (χ3n) is 4.13. The maximum atomic E-state index is 14.3. The molecule has 0 atom stereocenters. The molecule has 0 unspecified atom stereocenters. The van der Waals surface area contributed by atoms with E-state index in [9.17, 15) is 13.6 Å². The van der Waals surface area contributed by atoms with Crippen LogP contribution in [-0.4, -0.2) is 44.2 Å². The summed E-state index contributed by atoms with van der Waals surface area (Å²) in [4.78, 5) is 20.0. The minimum Gasteiger partial charge on any atom is -0.366 e. The molecular weight excluding hydrogens is 336 g/mol. The lowest BCUT2D eigenvalue weighted by Crippen LogP contribution is -2.27. The quantitative estimate of drug-likeness (QED) is 0.422. The summed E-state index contributed by atoms with van der Waals surface area (Å²) in [5.74, 6) is -1.25. The Labute approximate surface area is 152 Å². The van der Waals surface area contributed by atoms with Crippen molar-refractivity contribution in [1.29, 1.82) is 0 Å². The summed E-state index contributed by atoms with van der Waals surface area (Å²) in [6.07, 6.45) is 1.55. The predicted molar refractivity (Wildman–Crippen MR) is 102 cm³/mol. The van der Waals surface area contributed by atoms with Gasteiger partial charge >= 0.3 is 0 Å². The topological polar surface area (TPSA) is 35.9 Å². The zero-order chi connectivity index (χ0) is 19.3. The van der Waals surface area contributed by atoms with Crippen LogP contribution >= 0.6 is 0 Å². The second kappa shape index (κ2) is 8.56. The van der Waals surface area contributed by atoms with Crippen LogP contribution in [-0.2, 0) is 0 Å². The maximum Gasteiger partial charge on any atom is 0.182 e. The third-order valence-corrected chi connectivity index (χ3v) is 4.13. The molecule has 0 fully saturated rings. The molecule has 0 saturated carbocycles. The fraction of sp³-hybridized carbons (Fsp3) is 0.300. The predicted octanol–water partition coefficient (Wildman–Crippen LogP) is 4.20. The normalized spacial score (nSPS) is 11.0. The molecule has 0 spiro atoms. The van der Waals surface area contributed by atoms with Gasteiger partial charge in [-0.25, -0.2) is 13.8 Å². The summed E-state index contributed by atoms with van der Waals surface area (Å²) >= 11 is 0. The molecule has 0 bridgehead atoms. The second-order valence-electron chi connectivity index (χ2n) is 6.17. The van der Waals surface area contributed by atoms with Crippen LogP contribution < -0.4 is 4.90 Å². The minimum absolute atomic E-state index is 0.0532. The van der Waals surface area contributed by atoms with Crippen molar-refractivity contribution < 1.29 is 13.6 Å². The van der Waals surface area contributed by atoms with Crippen LogP contribution in [0, 0.1) is 18.6 Å². The van der Waals surface area contributed by atoms with E-state index in [0.29, 0.717) is 11.3 Å². The van der Waals surface area contributed by atoms with Crippen molar-refractivity contribution in [1.82, 2.24) is 4.90 Å². The van der Waals surface area contributed by atoms with Crippen LogP contribution in [0.1, 0.15) is 22.8 Å². The molecule has 0 saturated heterocycles. The Bertz CT molecular complexity index is 821. The van der Waals surface area contributed by atoms with E-state index in [1.165, 1.54) is 17.0 Å². The van der Waals surface area contributed by atoms with Crippen molar-refractivity contribution >= 4 is 23.5 Å². The van der Waals surface area contributed by atoms with Gasteiger partial charge in [0.15, 0.2) is 5.78 Å². The summed E-state index contributed by atoms with van der Waals surface area (Å²) in [5.41, 5.74) is 1.41. The molecule has 0 amide bonds. The van der Waals surface area contributed by atoms with Crippen LogP contribution in [0.25, 0.3) is 0 Å². The number of para-hydroxylation sites is 1. The first-order valence-corrected chi connectivity index (χ1v) is 8.37. The Balaban J connectivity index is 2.20. The number of aryl methyl sites for hydroxylation is 1. The summed E-state index contributed by atoms with van der Waals surface area (Å²) in [5, 5.41) is 0. The van der Waals surface area contributed by atoms with E-state index in [1.807, 2.05) is 18.9 Å². The minimum atomic E-state index is -0.562. The summed E-state index contributed by atoms with van der Waals surface area (Å²) < 4.78 is 28.1. The number of Topliss-reactive ketones (excluding diaryl/α,β-unsaturated/α-hetero) is 1. The van der Waals surface area contributed by atoms with Crippen LogP contribution in [0.3, 0.4) is 0 Å². The van der Waals surface area contributed by atoms with E-state index < -0.39 is 11.6 Å². The number of halogens is 2. The molecule has 0 aliphatic rings. The summed E-state index contributed by atoms with van der Waals surface area (Å²) in [6, 6.07) is 8.96. The number of anilines is 1. The highest BCUT2D eigenvalue weighted by atomic mass is 19.1. The Kier molecular flexibility index (Phi) is 6.44. The van der Waals surface area contributed by atoms with Crippen molar-refractivity contribution in [3.8, 4) is 0 Å². The van der Waals surface area contributed by atoms with Gasteiger partial charge < -0.3 is 9.80 Å². The smallest absolute Gasteiger partial charge is 0.182 e.